The lowest BCUT2D eigenvalue weighted by Crippen LogP contribution is -2.30. The third-order valence-electron chi connectivity index (χ3n) is 3.75. The van der Waals surface area contributed by atoms with Gasteiger partial charge in [0.2, 0.25) is 5.91 Å². The van der Waals surface area contributed by atoms with Crippen molar-refractivity contribution >= 4 is 17.5 Å². The van der Waals surface area contributed by atoms with Crippen LogP contribution in [0.15, 0.2) is 48.3 Å². The molecule has 1 unspecified atom stereocenters. The molecule has 1 heterocycles. The van der Waals surface area contributed by atoms with Crippen LogP contribution < -0.4 is 5.32 Å². The molecule has 1 aromatic rings. The third-order valence-corrected chi connectivity index (χ3v) is 4.12. The number of hydrogen-bond acceptors (Lipinski definition) is 2. The average molecular weight is 325 g/mol. The SMILES string of the molecule is O=C(Cc1ccccc1Cl)NC1=CCN(C2CC2(F)F)C=C1. The number of carbonyl (C=O) groups excluding carboxylic acids is 1. The molecule has 0 spiro atoms. The molecular weight excluding hydrogens is 310 g/mol. The van der Waals surface area contributed by atoms with Crippen LogP contribution in [0.2, 0.25) is 5.02 Å². The molecule has 22 heavy (non-hydrogen) atoms. The van der Waals surface area contributed by atoms with Gasteiger partial charge in [-0.15, -0.1) is 0 Å². The van der Waals surface area contributed by atoms with E-state index in [1.165, 1.54) is 0 Å². The van der Waals surface area contributed by atoms with E-state index in [1.54, 1.807) is 41.5 Å². The Morgan fingerprint density at radius 3 is 2.73 bits per heavy atom. The van der Waals surface area contributed by atoms with Gasteiger partial charge in [-0.3, -0.25) is 4.79 Å². The highest BCUT2D eigenvalue weighted by atomic mass is 35.5. The minimum Gasteiger partial charge on any atom is -0.364 e. The Morgan fingerprint density at radius 2 is 2.14 bits per heavy atom. The van der Waals surface area contributed by atoms with E-state index in [4.69, 9.17) is 11.6 Å². The van der Waals surface area contributed by atoms with Crippen LogP contribution in [0.1, 0.15) is 12.0 Å². The van der Waals surface area contributed by atoms with Crippen LogP contribution in [0, 0.1) is 0 Å². The number of alkyl halides is 2. The summed E-state index contributed by atoms with van der Waals surface area (Å²) in [6.07, 6.45) is 5.06. The standard InChI is InChI=1S/C16H15ClF2N2O/c17-13-4-2-1-3-11(13)9-15(22)20-12-5-7-21(8-6-12)14-10-16(14,18)19/h1-7,14H,8-10H2,(H,20,22). The van der Waals surface area contributed by atoms with Crippen molar-refractivity contribution in [1.29, 1.82) is 0 Å². The van der Waals surface area contributed by atoms with Crippen molar-refractivity contribution in [1.82, 2.24) is 10.2 Å². The van der Waals surface area contributed by atoms with Gasteiger partial charge in [-0.2, -0.15) is 0 Å². The summed E-state index contributed by atoms with van der Waals surface area (Å²) >= 11 is 6.01. The van der Waals surface area contributed by atoms with E-state index in [2.05, 4.69) is 5.32 Å². The summed E-state index contributed by atoms with van der Waals surface area (Å²) in [5.41, 5.74) is 1.37. The highest BCUT2D eigenvalue weighted by Gasteiger charge is 2.59. The lowest BCUT2D eigenvalue weighted by Gasteiger charge is -2.22. The van der Waals surface area contributed by atoms with E-state index < -0.39 is 12.0 Å². The maximum absolute atomic E-state index is 13.0. The van der Waals surface area contributed by atoms with Crippen LogP contribution >= 0.6 is 11.6 Å². The zero-order valence-corrected chi connectivity index (χ0v) is 12.5. The Hall–Kier alpha value is -1.88. The summed E-state index contributed by atoms with van der Waals surface area (Å²) < 4.78 is 26.0. The Morgan fingerprint density at radius 1 is 1.41 bits per heavy atom. The van der Waals surface area contributed by atoms with Gasteiger partial charge in [0.25, 0.3) is 5.92 Å². The summed E-state index contributed by atoms with van der Waals surface area (Å²) in [5, 5.41) is 3.31. The molecule has 3 nitrogen and oxygen atoms in total. The second kappa shape index (κ2) is 5.72. The molecular formula is C16H15ClF2N2O. The minimum absolute atomic E-state index is 0.0978. The summed E-state index contributed by atoms with van der Waals surface area (Å²) in [6, 6.07) is 6.45. The second-order valence-electron chi connectivity index (χ2n) is 5.47. The number of amides is 1. The predicted octanol–water partition coefficient (Wildman–Crippen LogP) is 3.12. The van der Waals surface area contributed by atoms with E-state index in [0.29, 0.717) is 17.3 Å². The molecule has 2 aliphatic rings. The largest absolute Gasteiger partial charge is 0.364 e. The number of nitrogens with zero attached hydrogens (tertiary/aromatic N) is 1. The number of rotatable bonds is 4. The van der Waals surface area contributed by atoms with Crippen LogP contribution in [0.4, 0.5) is 8.78 Å². The van der Waals surface area contributed by atoms with E-state index in [-0.39, 0.29) is 18.7 Å². The van der Waals surface area contributed by atoms with Gasteiger partial charge in [0, 0.05) is 29.9 Å². The fraction of sp³-hybridized carbons (Fsp3) is 0.312. The molecule has 1 amide bonds. The van der Waals surface area contributed by atoms with Gasteiger partial charge in [0.15, 0.2) is 0 Å². The minimum atomic E-state index is -2.58. The molecule has 1 aliphatic carbocycles. The van der Waals surface area contributed by atoms with Crippen LogP contribution in [-0.2, 0) is 11.2 Å². The zero-order valence-electron chi connectivity index (χ0n) is 11.7. The van der Waals surface area contributed by atoms with Crippen molar-refractivity contribution < 1.29 is 13.6 Å². The van der Waals surface area contributed by atoms with Crippen LogP contribution in [0.25, 0.3) is 0 Å². The highest BCUT2D eigenvalue weighted by molar-refractivity contribution is 6.31. The molecule has 1 atom stereocenters. The lowest BCUT2D eigenvalue weighted by molar-refractivity contribution is -0.119. The molecule has 1 aliphatic heterocycles. The summed E-state index contributed by atoms with van der Waals surface area (Å²) in [4.78, 5) is 13.6. The van der Waals surface area contributed by atoms with Gasteiger partial charge in [-0.1, -0.05) is 29.8 Å². The molecule has 116 valence electrons. The van der Waals surface area contributed by atoms with Crippen molar-refractivity contribution in [2.75, 3.05) is 6.54 Å². The van der Waals surface area contributed by atoms with E-state index in [1.807, 2.05) is 6.07 Å². The number of halogens is 3. The smallest absolute Gasteiger partial charge is 0.270 e. The Kier molecular flexibility index (Phi) is 3.91. The van der Waals surface area contributed by atoms with Crippen LogP contribution in [-0.4, -0.2) is 29.3 Å². The normalized spacial score (nSPS) is 22.2. The number of hydrogen-bond donors (Lipinski definition) is 1. The second-order valence-corrected chi connectivity index (χ2v) is 5.88. The first-order valence-corrected chi connectivity index (χ1v) is 7.39. The van der Waals surface area contributed by atoms with Crippen LogP contribution in [0.5, 0.6) is 0 Å². The third kappa shape index (κ3) is 3.30. The van der Waals surface area contributed by atoms with Crippen molar-refractivity contribution in [2.45, 2.75) is 24.8 Å². The molecule has 0 aromatic heterocycles. The highest BCUT2D eigenvalue weighted by Crippen LogP contribution is 2.46. The zero-order chi connectivity index (χ0) is 15.7. The Bertz CT molecular complexity index is 657. The van der Waals surface area contributed by atoms with Crippen molar-refractivity contribution in [3.63, 3.8) is 0 Å². The average Bonchev–Trinajstić information content (AvgIpc) is 3.11. The molecule has 1 fully saturated rings. The van der Waals surface area contributed by atoms with Gasteiger partial charge in [0.05, 0.1) is 12.5 Å². The molecule has 0 bridgehead atoms. The topological polar surface area (TPSA) is 32.3 Å². The molecule has 6 heteroatoms. The van der Waals surface area contributed by atoms with Gasteiger partial charge in [-0.25, -0.2) is 8.78 Å². The summed E-state index contributed by atoms with van der Waals surface area (Å²) in [7, 11) is 0. The fourth-order valence-corrected chi connectivity index (χ4v) is 2.61. The van der Waals surface area contributed by atoms with E-state index in [0.717, 1.165) is 5.56 Å². The Balaban J connectivity index is 1.53. The maximum Gasteiger partial charge on any atom is 0.270 e. The Labute approximate surface area is 132 Å². The van der Waals surface area contributed by atoms with E-state index in [9.17, 15) is 13.6 Å². The number of benzene rings is 1. The molecule has 0 saturated heterocycles. The molecule has 1 aromatic carbocycles. The first-order valence-electron chi connectivity index (χ1n) is 7.01. The number of nitrogens with one attached hydrogen (secondary N) is 1. The first-order chi connectivity index (χ1) is 10.5. The maximum atomic E-state index is 13.0. The number of allylic oxidation sites excluding steroid dienone is 1. The molecule has 3 rings (SSSR count). The van der Waals surface area contributed by atoms with Crippen molar-refractivity contribution in [3.05, 3.63) is 58.9 Å². The lowest BCUT2D eigenvalue weighted by atomic mass is 10.1. The molecule has 1 N–H and O–H groups in total. The fourth-order valence-electron chi connectivity index (χ4n) is 2.41. The van der Waals surface area contributed by atoms with Crippen LogP contribution in [0.3, 0.4) is 0 Å². The quantitative estimate of drug-likeness (QED) is 0.923. The summed E-state index contributed by atoms with van der Waals surface area (Å²) in [6.45, 7) is 0.373. The van der Waals surface area contributed by atoms with Gasteiger partial charge in [0.1, 0.15) is 0 Å². The van der Waals surface area contributed by atoms with E-state index >= 15 is 0 Å². The van der Waals surface area contributed by atoms with Gasteiger partial charge in [-0.05, 0) is 23.8 Å². The van der Waals surface area contributed by atoms with Crippen molar-refractivity contribution in [3.8, 4) is 0 Å². The molecule has 1 saturated carbocycles. The molecule has 0 radical (unpaired) electrons. The monoisotopic (exact) mass is 324 g/mol. The van der Waals surface area contributed by atoms with Gasteiger partial charge < -0.3 is 10.2 Å². The van der Waals surface area contributed by atoms with Crippen molar-refractivity contribution in [2.24, 2.45) is 0 Å². The first kappa shape index (κ1) is 15.0. The predicted molar refractivity (Wildman–Crippen MR) is 80.6 cm³/mol. The van der Waals surface area contributed by atoms with Gasteiger partial charge >= 0.3 is 0 Å². The summed E-state index contributed by atoms with van der Waals surface area (Å²) in [5.74, 6) is -2.77. The number of carbonyl (C=O) groups is 1.